The normalized spacial score (nSPS) is 10.3. The van der Waals surface area contributed by atoms with Crippen LogP contribution in [0.2, 0.25) is 5.02 Å². The van der Waals surface area contributed by atoms with Crippen molar-refractivity contribution in [3.05, 3.63) is 58.1 Å². The number of nitrogens with one attached hydrogen (secondary N) is 1. The number of anilines is 2. The van der Waals surface area contributed by atoms with Crippen molar-refractivity contribution < 1.29 is 4.79 Å². The van der Waals surface area contributed by atoms with E-state index in [1.165, 1.54) is 0 Å². The van der Waals surface area contributed by atoms with Crippen molar-refractivity contribution in [1.29, 1.82) is 0 Å². The van der Waals surface area contributed by atoms with Gasteiger partial charge in [-0.3, -0.25) is 4.79 Å². The zero-order valence-corrected chi connectivity index (χ0v) is 12.3. The Morgan fingerprint density at radius 3 is 2.60 bits per heavy atom. The minimum absolute atomic E-state index is 0.199. The molecule has 0 unspecified atom stereocenters. The van der Waals surface area contributed by atoms with Crippen molar-refractivity contribution in [2.45, 2.75) is 20.3 Å². The number of carbonyl (C=O) groups excluding carboxylic acids is 1. The van der Waals surface area contributed by atoms with E-state index in [0.717, 1.165) is 17.5 Å². The maximum absolute atomic E-state index is 12.1. The summed E-state index contributed by atoms with van der Waals surface area (Å²) >= 11 is 6.03. The number of hydrogen-bond acceptors (Lipinski definition) is 2. The Labute approximate surface area is 123 Å². The summed E-state index contributed by atoms with van der Waals surface area (Å²) < 4.78 is 0. The Kier molecular flexibility index (Phi) is 4.30. The van der Waals surface area contributed by atoms with Gasteiger partial charge in [-0.2, -0.15) is 0 Å². The summed E-state index contributed by atoms with van der Waals surface area (Å²) in [5, 5.41) is 3.40. The fourth-order valence-corrected chi connectivity index (χ4v) is 2.11. The van der Waals surface area contributed by atoms with Crippen molar-refractivity contribution >= 4 is 28.9 Å². The molecule has 0 aliphatic rings. The molecule has 2 aromatic carbocycles. The molecular formula is C16H17ClN2O. The Morgan fingerprint density at radius 1 is 1.25 bits per heavy atom. The highest BCUT2D eigenvalue weighted by Crippen LogP contribution is 2.21. The van der Waals surface area contributed by atoms with Crippen molar-refractivity contribution in [2.24, 2.45) is 0 Å². The summed E-state index contributed by atoms with van der Waals surface area (Å²) in [6, 6.07) is 10.8. The Morgan fingerprint density at radius 2 is 2.00 bits per heavy atom. The zero-order chi connectivity index (χ0) is 14.7. The van der Waals surface area contributed by atoms with Crippen molar-refractivity contribution in [3.8, 4) is 0 Å². The average Bonchev–Trinajstić information content (AvgIpc) is 2.42. The summed E-state index contributed by atoms with van der Waals surface area (Å²) in [7, 11) is 0. The average molecular weight is 289 g/mol. The van der Waals surface area contributed by atoms with E-state index in [1.54, 1.807) is 18.2 Å². The van der Waals surface area contributed by atoms with Crippen LogP contribution in [-0.4, -0.2) is 5.91 Å². The summed E-state index contributed by atoms with van der Waals surface area (Å²) in [4.78, 5) is 12.1. The fraction of sp³-hybridized carbons (Fsp3) is 0.188. The molecule has 0 aromatic heterocycles. The van der Waals surface area contributed by atoms with Gasteiger partial charge in [0.05, 0.1) is 0 Å². The number of aryl methyl sites for hydroxylation is 2. The molecule has 104 valence electrons. The second kappa shape index (κ2) is 5.97. The highest BCUT2D eigenvalue weighted by atomic mass is 35.5. The molecule has 0 fully saturated rings. The van der Waals surface area contributed by atoms with E-state index in [1.807, 2.05) is 32.0 Å². The third-order valence-electron chi connectivity index (χ3n) is 3.22. The smallest absolute Gasteiger partial charge is 0.255 e. The Balaban J connectivity index is 2.19. The predicted molar refractivity (Wildman–Crippen MR) is 84.4 cm³/mol. The number of amides is 1. The lowest BCUT2D eigenvalue weighted by molar-refractivity contribution is 0.102. The van der Waals surface area contributed by atoms with Crippen LogP contribution < -0.4 is 11.1 Å². The molecule has 1 amide bonds. The van der Waals surface area contributed by atoms with Gasteiger partial charge in [0, 0.05) is 22.0 Å². The van der Waals surface area contributed by atoms with E-state index in [4.69, 9.17) is 17.3 Å². The fourth-order valence-electron chi connectivity index (χ4n) is 1.93. The van der Waals surface area contributed by atoms with Crippen LogP contribution in [-0.2, 0) is 6.42 Å². The van der Waals surface area contributed by atoms with Crippen molar-refractivity contribution in [2.75, 3.05) is 11.1 Å². The van der Waals surface area contributed by atoms with Crippen LogP contribution >= 0.6 is 11.6 Å². The van der Waals surface area contributed by atoms with Gasteiger partial charge in [-0.25, -0.2) is 0 Å². The molecule has 0 bridgehead atoms. The van der Waals surface area contributed by atoms with E-state index in [0.29, 0.717) is 22.0 Å². The van der Waals surface area contributed by atoms with Gasteiger partial charge in [-0.15, -0.1) is 0 Å². The first kappa shape index (κ1) is 14.4. The van der Waals surface area contributed by atoms with Crippen LogP contribution in [0.25, 0.3) is 0 Å². The lowest BCUT2D eigenvalue weighted by Crippen LogP contribution is -2.12. The van der Waals surface area contributed by atoms with Crippen LogP contribution in [0, 0.1) is 6.92 Å². The van der Waals surface area contributed by atoms with Gasteiger partial charge in [0.2, 0.25) is 0 Å². The molecule has 4 heteroatoms. The SMILES string of the molecule is CCc1ccc(NC(=O)c2ccc(C)c(Cl)c2)cc1N. The van der Waals surface area contributed by atoms with Gasteiger partial charge in [0.15, 0.2) is 0 Å². The predicted octanol–water partition coefficient (Wildman–Crippen LogP) is 4.05. The Hall–Kier alpha value is -2.00. The lowest BCUT2D eigenvalue weighted by atomic mass is 10.1. The molecule has 0 atom stereocenters. The van der Waals surface area contributed by atoms with Gasteiger partial charge in [0.25, 0.3) is 5.91 Å². The van der Waals surface area contributed by atoms with Gasteiger partial charge >= 0.3 is 0 Å². The van der Waals surface area contributed by atoms with Crippen LogP contribution in [0.4, 0.5) is 11.4 Å². The molecule has 0 spiro atoms. The highest BCUT2D eigenvalue weighted by molar-refractivity contribution is 6.31. The van der Waals surface area contributed by atoms with Crippen LogP contribution in [0.1, 0.15) is 28.4 Å². The Bertz CT molecular complexity index is 653. The number of hydrogen-bond donors (Lipinski definition) is 2. The van der Waals surface area contributed by atoms with Crippen molar-refractivity contribution in [3.63, 3.8) is 0 Å². The van der Waals surface area contributed by atoms with Gasteiger partial charge < -0.3 is 11.1 Å². The lowest BCUT2D eigenvalue weighted by Gasteiger charge is -2.09. The standard InChI is InChI=1S/C16H17ClN2O/c1-3-11-6-7-13(9-15(11)18)19-16(20)12-5-4-10(2)14(17)8-12/h4-9H,3,18H2,1-2H3,(H,19,20). The van der Waals surface area contributed by atoms with E-state index < -0.39 is 0 Å². The van der Waals surface area contributed by atoms with Gasteiger partial charge in [0.1, 0.15) is 0 Å². The molecule has 0 aliphatic carbocycles. The first-order chi connectivity index (χ1) is 9.51. The monoisotopic (exact) mass is 288 g/mol. The number of halogens is 1. The summed E-state index contributed by atoms with van der Waals surface area (Å²) in [5.41, 5.74) is 9.83. The van der Waals surface area contributed by atoms with Crippen LogP contribution in [0.3, 0.4) is 0 Å². The third-order valence-corrected chi connectivity index (χ3v) is 3.63. The minimum atomic E-state index is -0.199. The van der Waals surface area contributed by atoms with E-state index in [-0.39, 0.29) is 5.91 Å². The second-order valence-corrected chi connectivity index (χ2v) is 5.09. The molecule has 0 saturated heterocycles. The summed E-state index contributed by atoms with van der Waals surface area (Å²) in [6.45, 7) is 3.94. The minimum Gasteiger partial charge on any atom is -0.398 e. The molecule has 3 N–H and O–H groups in total. The largest absolute Gasteiger partial charge is 0.398 e. The number of carbonyl (C=O) groups is 1. The van der Waals surface area contributed by atoms with E-state index >= 15 is 0 Å². The zero-order valence-electron chi connectivity index (χ0n) is 11.5. The van der Waals surface area contributed by atoms with Crippen LogP contribution in [0.15, 0.2) is 36.4 Å². The first-order valence-electron chi connectivity index (χ1n) is 6.47. The highest BCUT2D eigenvalue weighted by Gasteiger charge is 2.08. The molecule has 0 aliphatic heterocycles. The molecule has 0 saturated carbocycles. The van der Waals surface area contributed by atoms with Gasteiger partial charge in [-0.1, -0.05) is 30.7 Å². The first-order valence-corrected chi connectivity index (χ1v) is 6.85. The third kappa shape index (κ3) is 3.11. The van der Waals surface area contributed by atoms with E-state index in [2.05, 4.69) is 5.32 Å². The number of rotatable bonds is 3. The van der Waals surface area contributed by atoms with E-state index in [9.17, 15) is 4.79 Å². The molecule has 2 rings (SSSR count). The van der Waals surface area contributed by atoms with Gasteiger partial charge in [-0.05, 0) is 48.7 Å². The molecule has 3 nitrogen and oxygen atoms in total. The number of nitrogen functional groups attached to an aromatic ring is 1. The summed E-state index contributed by atoms with van der Waals surface area (Å²) in [5.74, 6) is -0.199. The maximum Gasteiger partial charge on any atom is 0.255 e. The molecule has 0 radical (unpaired) electrons. The molecule has 20 heavy (non-hydrogen) atoms. The topological polar surface area (TPSA) is 55.1 Å². The van der Waals surface area contributed by atoms with Crippen LogP contribution in [0.5, 0.6) is 0 Å². The molecule has 0 heterocycles. The number of nitrogens with two attached hydrogens (primary N) is 1. The molecule has 2 aromatic rings. The number of benzene rings is 2. The van der Waals surface area contributed by atoms with Crippen molar-refractivity contribution in [1.82, 2.24) is 0 Å². The quantitative estimate of drug-likeness (QED) is 0.837. The maximum atomic E-state index is 12.1. The summed E-state index contributed by atoms with van der Waals surface area (Å²) in [6.07, 6.45) is 0.869. The second-order valence-electron chi connectivity index (χ2n) is 4.69. The molecular weight excluding hydrogens is 272 g/mol.